The van der Waals surface area contributed by atoms with Crippen molar-refractivity contribution in [1.29, 1.82) is 0 Å². The molecule has 1 N–H and O–H groups in total. The van der Waals surface area contributed by atoms with E-state index in [-0.39, 0.29) is 11.9 Å². The number of fused-ring (bicyclic) bond motifs is 1. The average molecular weight is 311 g/mol. The van der Waals surface area contributed by atoms with Crippen molar-refractivity contribution in [2.45, 2.75) is 12.6 Å². The van der Waals surface area contributed by atoms with Crippen LogP contribution in [0.25, 0.3) is 5.78 Å². The summed E-state index contributed by atoms with van der Waals surface area (Å²) in [4.78, 5) is 11.2. The van der Waals surface area contributed by atoms with Gasteiger partial charge in [0, 0.05) is 50.8 Å². The molecule has 1 saturated heterocycles. The highest BCUT2D eigenvalue weighted by molar-refractivity contribution is 5.30. The molecule has 6 heteroatoms. The molecule has 3 aromatic rings. The van der Waals surface area contributed by atoms with Crippen LogP contribution in [-0.4, -0.2) is 38.9 Å². The van der Waals surface area contributed by atoms with Crippen LogP contribution in [0.1, 0.15) is 17.3 Å². The topological polar surface area (TPSA) is 45.5 Å². The summed E-state index contributed by atoms with van der Waals surface area (Å²) in [6.45, 7) is 3.38. The summed E-state index contributed by atoms with van der Waals surface area (Å²) in [7, 11) is 0. The van der Waals surface area contributed by atoms with E-state index in [1.165, 1.54) is 6.07 Å². The van der Waals surface area contributed by atoms with Gasteiger partial charge in [-0.1, -0.05) is 12.1 Å². The van der Waals surface area contributed by atoms with Gasteiger partial charge in [0.05, 0.1) is 5.69 Å². The summed E-state index contributed by atoms with van der Waals surface area (Å²) in [5.41, 5.74) is 1.98. The van der Waals surface area contributed by atoms with Gasteiger partial charge in [-0.25, -0.2) is 14.4 Å². The van der Waals surface area contributed by atoms with Crippen molar-refractivity contribution >= 4 is 5.78 Å². The number of nitrogens with one attached hydrogen (secondary N) is 1. The second-order valence-electron chi connectivity index (χ2n) is 5.80. The van der Waals surface area contributed by atoms with Crippen LogP contribution < -0.4 is 5.32 Å². The number of hydrogen-bond acceptors (Lipinski definition) is 4. The third-order valence-corrected chi connectivity index (χ3v) is 4.24. The molecule has 0 amide bonds. The molecule has 1 atom stereocenters. The highest BCUT2D eigenvalue weighted by atomic mass is 19.1. The zero-order valence-electron chi connectivity index (χ0n) is 12.7. The van der Waals surface area contributed by atoms with Gasteiger partial charge in [0.1, 0.15) is 5.82 Å². The van der Waals surface area contributed by atoms with Gasteiger partial charge in [-0.2, -0.15) is 0 Å². The summed E-state index contributed by atoms with van der Waals surface area (Å²) < 4.78 is 15.5. The number of benzene rings is 1. The number of rotatable bonds is 3. The maximum Gasteiger partial charge on any atom is 0.233 e. The lowest BCUT2D eigenvalue weighted by Gasteiger charge is -2.36. The lowest BCUT2D eigenvalue weighted by Crippen LogP contribution is -2.45. The van der Waals surface area contributed by atoms with E-state index in [9.17, 15) is 4.39 Å². The Hall–Kier alpha value is -2.31. The summed E-state index contributed by atoms with van der Waals surface area (Å²) in [6.07, 6.45) is 5.69. The summed E-state index contributed by atoms with van der Waals surface area (Å²) in [5, 5.41) is 3.39. The zero-order valence-corrected chi connectivity index (χ0v) is 12.7. The Morgan fingerprint density at radius 2 is 2.26 bits per heavy atom. The van der Waals surface area contributed by atoms with Gasteiger partial charge in [-0.05, 0) is 23.8 Å². The average Bonchev–Trinajstić information content (AvgIpc) is 2.97. The maximum absolute atomic E-state index is 13.6. The highest BCUT2D eigenvalue weighted by Crippen LogP contribution is 2.24. The quantitative estimate of drug-likeness (QED) is 0.804. The molecule has 1 aromatic carbocycles. The number of halogens is 1. The van der Waals surface area contributed by atoms with Gasteiger partial charge in [0.2, 0.25) is 5.78 Å². The molecule has 118 valence electrons. The van der Waals surface area contributed by atoms with Crippen LogP contribution in [0.2, 0.25) is 0 Å². The monoisotopic (exact) mass is 311 g/mol. The first kappa shape index (κ1) is 14.3. The van der Waals surface area contributed by atoms with Crippen molar-refractivity contribution < 1.29 is 4.39 Å². The van der Waals surface area contributed by atoms with Gasteiger partial charge in [0.25, 0.3) is 0 Å². The van der Waals surface area contributed by atoms with Crippen LogP contribution >= 0.6 is 0 Å². The molecule has 1 aliphatic heterocycles. The van der Waals surface area contributed by atoms with Gasteiger partial charge in [-0.15, -0.1) is 0 Å². The van der Waals surface area contributed by atoms with Crippen molar-refractivity contribution in [2.75, 3.05) is 19.6 Å². The smallest absolute Gasteiger partial charge is 0.233 e. The number of aromatic nitrogens is 3. The van der Waals surface area contributed by atoms with E-state index in [0.29, 0.717) is 5.78 Å². The molecule has 0 saturated carbocycles. The lowest BCUT2D eigenvalue weighted by atomic mass is 10.0. The normalized spacial score (nSPS) is 19.3. The Labute approximate surface area is 133 Å². The van der Waals surface area contributed by atoms with E-state index in [1.807, 2.05) is 28.9 Å². The number of piperazine rings is 1. The minimum absolute atomic E-state index is 0.150. The van der Waals surface area contributed by atoms with Gasteiger partial charge < -0.3 is 5.32 Å². The second-order valence-corrected chi connectivity index (χ2v) is 5.80. The van der Waals surface area contributed by atoms with Crippen LogP contribution in [0.3, 0.4) is 0 Å². The molecule has 0 bridgehead atoms. The largest absolute Gasteiger partial charge is 0.314 e. The maximum atomic E-state index is 13.6. The molecule has 0 spiro atoms. The van der Waals surface area contributed by atoms with E-state index in [2.05, 4.69) is 20.2 Å². The van der Waals surface area contributed by atoms with Crippen molar-refractivity contribution in [3.8, 4) is 0 Å². The molecular formula is C17H18FN5. The fourth-order valence-electron chi connectivity index (χ4n) is 3.14. The first-order chi connectivity index (χ1) is 11.3. The third-order valence-electron chi connectivity index (χ3n) is 4.24. The van der Waals surface area contributed by atoms with Crippen molar-refractivity contribution in [3.05, 3.63) is 66.0 Å². The Kier molecular flexibility index (Phi) is 3.77. The SMILES string of the molecule is Fc1cccc(C2CNCCN2Cc2cn3cccnc3n2)c1. The Morgan fingerprint density at radius 1 is 1.30 bits per heavy atom. The first-order valence-corrected chi connectivity index (χ1v) is 7.78. The predicted molar refractivity (Wildman–Crippen MR) is 85.4 cm³/mol. The minimum atomic E-state index is -0.190. The first-order valence-electron chi connectivity index (χ1n) is 7.78. The van der Waals surface area contributed by atoms with E-state index in [1.54, 1.807) is 18.3 Å². The molecule has 3 heterocycles. The fraction of sp³-hybridized carbons (Fsp3) is 0.294. The van der Waals surface area contributed by atoms with E-state index in [0.717, 1.165) is 37.4 Å². The third kappa shape index (κ3) is 2.95. The number of imidazole rings is 1. The van der Waals surface area contributed by atoms with Crippen LogP contribution in [0.5, 0.6) is 0 Å². The van der Waals surface area contributed by atoms with Crippen molar-refractivity contribution in [1.82, 2.24) is 24.6 Å². The lowest BCUT2D eigenvalue weighted by molar-refractivity contribution is 0.152. The van der Waals surface area contributed by atoms with E-state index < -0.39 is 0 Å². The standard InChI is InChI=1S/C17H18FN5/c18-14-4-1-3-13(9-14)16-10-19-6-8-22(16)11-15-12-23-7-2-5-20-17(23)21-15/h1-5,7,9,12,16,19H,6,8,10-11H2. The van der Waals surface area contributed by atoms with Crippen molar-refractivity contribution in [3.63, 3.8) is 0 Å². The number of hydrogen-bond donors (Lipinski definition) is 1. The summed E-state index contributed by atoms with van der Waals surface area (Å²) in [6, 6.07) is 8.90. The fourth-order valence-corrected chi connectivity index (χ4v) is 3.14. The predicted octanol–water partition coefficient (Wildman–Crippen LogP) is 2.01. The molecule has 1 aliphatic rings. The van der Waals surface area contributed by atoms with E-state index in [4.69, 9.17) is 0 Å². The Bertz CT molecular complexity index is 782. The molecule has 4 rings (SSSR count). The van der Waals surface area contributed by atoms with Crippen LogP contribution in [0, 0.1) is 5.82 Å². The van der Waals surface area contributed by atoms with Gasteiger partial charge in [-0.3, -0.25) is 9.30 Å². The van der Waals surface area contributed by atoms with E-state index >= 15 is 0 Å². The van der Waals surface area contributed by atoms with Crippen LogP contribution in [0.4, 0.5) is 4.39 Å². The zero-order chi connectivity index (χ0) is 15.6. The van der Waals surface area contributed by atoms with Crippen LogP contribution in [-0.2, 0) is 6.54 Å². The summed E-state index contributed by atoms with van der Waals surface area (Å²) in [5.74, 6) is 0.518. The van der Waals surface area contributed by atoms with Crippen molar-refractivity contribution in [2.24, 2.45) is 0 Å². The molecule has 5 nitrogen and oxygen atoms in total. The minimum Gasteiger partial charge on any atom is -0.314 e. The number of nitrogens with zero attached hydrogens (tertiary/aromatic N) is 4. The Morgan fingerprint density at radius 3 is 3.13 bits per heavy atom. The second kappa shape index (κ2) is 6.06. The Balaban J connectivity index is 1.60. The highest BCUT2D eigenvalue weighted by Gasteiger charge is 2.24. The molecule has 0 aliphatic carbocycles. The molecule has 23 heavy (non-hydrogen) atoms. The van der Waals surface area contributed by atoms with Crippen LogP contribution in [0.15, 0.2) is 48.9 Å². The molecular weight excluding hydrogens is 293 g/mol. The molecule has 1 fully saturated rings. The molecule has 2 aromatic heterocycles. The summed E-state index contributed by atoms with van der Waals surface area (Å²) >= 11 is 0. The molecule has 0 radical (unpaired) electrons. The molecule has 1 unspecified atom stereocenters. The van der Waals surface area contributed by atoms with Gasteiger partial charge in [0.15, 0.2) is 0 Å². The van der Waals surface area contributed by atoms with Gasteiger partial charge >= 0.3 is 0 Å².